The zero-order valence-corrected chi connectivity index (χ0v) is 10.5. The Hall–Kier alpha value is -1.61. The van der Waals surface area contributed by atoms with Crippen molar-refractivity contribution < 1.29 is 9.53 Å². The van der Waals surface area contributed by atoms with E-state index in [9.17, 15) is 4.79 Å². The maximum Gasteiger partial charge on any atom is 0.223 e. The summed E-state index contributed by atoms with van der Waals surface area (Å²) in [6.07, 6.45) is 3.30. The lowest BCUT2D eigenvalue weighted by Crippen LogP contribution is -2.43. The van der Waals surface area contributed by atoms with Gasteiger partial charge in [0.15, 0.2) is 0 Å². The van der Waals surface area contributed by atoms with Crippen molar-refractivity contribution in [2.45, 2.75) is 25.6 Å². The summed E-state index contributed by atoms with van der Waals surface area (Å²) < 4.78 is 5.87. The highest BCUT2D eigenvalue weighted by Gasteiger charge is 2.25. The van der Waals surface area contributed by atoms with Gasteiger partial charge in [-0.05, 0) is 12.0 Å². The monoisotopic (exact) mass is 245 g/mol. The van der Waals surface area contributed by atoms with Crippen molar-refractivity contribution in [3.63, 3.8) is 0 Å². The second-order valence-electron chi connectivity index (χ2n) is 4.54. The van der Waals surface area contributed by atoms with Crippen molar-refractivity contribution in [1.82, 2.24) is 4.90 Å². The fourth-order valence-electron chi connectivity index (χ4n) is 2.14. The maximum atomic E-state index is 11.6. The first kappa shape index (κ1) is 12.8. The van der Waals surface area contributed by atoms with Gasteiger partial charge in [-0.1, -0.05) is 36.4 Å². The minimum Gasteiger partial charge on any atom is -0.372 e. The quantitative estimate of drug-likeness (QED) is 0.745. The number of hydrogen-bond donors (Lipinski definition) is 0. The number of amides is 1. The molecule has 1 aliphatic rings. The van der Waals surface area contributed by atoms with Crippen LogP contribution in [0.2, 0.25) is 0 Å². The summed E-state index contributed by atoms with van der Waals surface area (Å²) in [6, 6.07) is 10.1. The fraction of sp³-hybridized carbons (Fsp3) is 0.400. The summed E-state index contributed by atoms with van der Waals surface area (Å²) in [5.41, 5.74) is 1.17. The van der Waals surface area contributed by atoms with Gasteiger partial charge in [0.1, 0.15) is 0 Å². The van der Waals surface area contributed by atoms with Crippen molar-refractivity contribution in [3.8, 4) is 0 Å². The third kappa shape index (κ3) is 3.44. The van der Waals surface area contributed by atoms with Crippen LogP contribution in [0.5, 0.6) is 0 Å². The molecule has 1 amide bonds. The molecule has 1 saturated heterocycles. The molecule has 0 radical (unpaired) electrons. The summed E-state index contributed by atoms with van der Waals surface area (Å²) in [6.45, 7) is 5.58. The topological polar surface area (TPSA) is 29.5 Å². The molecule has 18 heavy (non-hydrogen) atoms. The van der Waals surface area contributed by atoms with Crippen LogP contribution in [0.1, 0.15) is 18.4 Å². The van der Waals surface area contributed by atoms with Crippen molar-refractivity contribution >= 4 is 5.91 Å². The van der Waals surface area contributed by atoms with Crippen LogP contribution < -0.4 is 0 Å². The zero-order chi connectivity index (χ0) is 12.8. The number of carbonyl (C=O) groups is 1. The maximum absolute atomic E-state index is 11.6. The molecule has 1 aliphatic heterocycles. The van der Waals surface area contributed by atoms with E-state index in [2.05, 4.69) is 18.7 Å². The third-order valence-electron chi connectivity index (χ3n) is 3.13. The molecule has 0 bridgehead atoms. The Morgan fingerprint density at radius 3 is 2.89 bits per heavy atom. The predicted molar refractivity (Wildman–Crippen MR) is 71.0 cm³/mol. The summed E-state index contributed by atoms with van der Waals surface area (Å²) in [7, 11) is 0. The van der Waals surface area contributed by atoms with Crippen molar-refractivity contribution in [1.29, 1.82) is 0 Å². The zero-order valence-electron chi connectivity index (χ0n) is 10.5. The molecule has 1 atom stereocenters. The molecule has 0 saturated carbocycles. The lowest BCUT2D eigenvalue weighted by molar-refractivity contribution is -0.138. The summed E-state index contributed by atoms with van der Waals surface area (Å²) in [5.74, 6) is 0.203. The van der Waals surface area contributed by atoms with Crippen LogP contribution in [-0.4, -0.2) is 30.0 Å². The second-order valence-corrected chi connectivity index (χ2v) is 4.54. The van der Waals surface area contributed by atoms with E-state index in [0.717, 1.165) is 6.42 Å². The molecule has 0 N–H and O–H groups in total. The van der Waals surface area contributed by atoms with Gasteiger partial charge in [-0.15, -0.1) is 6.58 Å². The van der Waals surface area contributed by atoms with Crippen LogP contribution in [-0.2, 0) is 16.1 Å². The summed E-state index contributed by atoms with van der Waals surface area (Å²) in [4.78, 5) is 13.4. The minimum absolute atomic E-state index is 0.142. The van der Waals surface area contributed by atoms with Crippen LogP contribution in [0.25, 0.3) is 0 Å². The molecule has 1 fully saturated rings. The number of likely N-dealkylation sites (tertiary alicyclic amines) is 1. The predicted octanol–water partition coefficient (Wildman–Crippen LogP) is 2.38. The molecule has 1 aromatic rings. The van der Waals surface area contributed by atoms with E-state index in [-0.39, 0.29) is 12.0 Å². The summed E-state index contributed by atoms with van der Waals surface area (Å²) in [5, 5.41) is 0. The highest BCUT2D eigenvalue weighted by atomic mass is 16.5. The Morgan fingerprint density at radius 2 is 2.17 bits per heavy atom. The van der Waals surface area contributed by atoms with Crippen LogP contribution in [0, 0.1) is 0 Å². The van der Waals surface area contributed by atoms with Gasteiger partial charge in [0, 0.05) is 19.5 Å². The largest absolute Gasteiger partial charge is 0.372 e. The first-order valence-electron chi connectivity index (χ1n) is 6.34. The lowest BCUT2D eigenvalue weighted by Gasteiger charge is -2.31. The van der Waals surface area contributed by atoms with Crippen LogP contribution in [0.15, 0.2) is 43.0 Å². The van der Waals surface area contributed by atoms with E-state index < -0.39 is 0 Å². The average molecular weight is 245 g/mol. The Morgan fingerprint density at radius 1 is 1.39 bits per heavy atom. The lowest BCUT2D eigenvalue weighted by atomic mass is 10.1. The van der Waals surface area contributed by atoms with Gasteiger partial charge < -0.3 is 9.64 Å². The van der Waals surface area contributed by atoms with Crippen molar-refractivity contribution in [2.75, 3.05) is 13.1 Å². The molecule has 2 rings (SSSR count). The van der Waals surface area contributed by atoms with E-state index in [1.165, 1.54) is 5.56 Å². The molecular weight excluding hydrogens is 226 g/mol. The van der Waals surface area contributed by atoms with Crippen LogP contribution >= 0.6 is 0 Å². The highest BCUT2D eigenvalue weighted by Crippen LogP contribution is 2.16. The molecule has 1 heterocycles. The highest BCUT2D eigenvalue weighted by molar-refractivity contribution is 5.77. The van der Waals surface area contributed by atoms with Gasteiger partial charge in [0.2, 0.25) is 5.91 Å². The van der Waals surface area contributed by atoms with Crippen molar-refractivity contribution in [2.24, 2.45) is 0 Å². The summed E-state index contributed by atoms with van der Waals surface area (Å²) >= 11 is 0. The Labute approximate surface area is 108 Å². The SMILES string of the molecule is C=CCN1CC(OCc2ccccc2)CCC1=O. The second kappa shape index (κ2) is 6.36. The van der Waals surface area contributed by atoms with Gasteiger partial charge in [-0.25, -0.2) is 0 Å². The average Bonchev–Trinajstić information content (AvgIpc) is 2.41. The Kier molecular flexibility index (Phi) is 4.53. The molecule has 0 aromatic heterocycles. The third-order valence-corrected chi connectivity index (χ3v) is 3.13. The van der Waals surface area contributed by atoms with E-state index >= 15 is 0 Å². The molecule has 1 aromatic carbocycles. The normalized spacial score (nSPS) is 19.9. The number of benzene rings is 1. The van der Waals surface area contributed by atoms with Gasteiger partial charge in [0.25, 0.3) is 0 Å². The molecule has 1 unspecified atom stereocenters. The van der Waals surface area contributed by atoms with E-state index in [4.69, 9.17) is 4.74 Å². The number of rotatable bonds is 5. The molecule has 0 aliphatic carbocycles. The minimum atomic E-state index is 0.142. The number of piperidine rings is 1. The standard InChI is InChI=1S/C15H19NO2/c1-2-10-16-11-14(8-9-15(16)17)18-12-13-6-4-3-5-7-13/h2-7,14H,1,8-12H2. The number of hydrogen-bond acceptors (Lipinski definition) is 2. The first-order chi connectivity index (χ1) is 8.79. The van der Waals surface area contributed by atoms with Crippen molar-refractivity contribution in [3.05, 3.63) is 48.6 Å². The van der Waals surface area contributed by atoms with Crippen LogP contribution in [0.4, 0.5) is 0 Å². The molecular formula is C15H19NO2. The Balaban J connectivity index is 1.83. The molecule has 0 spiro atoms. The fourth-order valence-corrected chi connectivity index (χ4v) is 2.14. The molecule has 3 nitrogen and oxygen atoms in total. The van der Waals surface area contributed by atoms with Crippen LogP contribution in [0.3, 0.4) is 0 Å². The van der Waals surface area contributed by atoms with E-state index in [1.54, 1.807) is 6.08 Å². The van der Waals surface area contributed by atoms with E-state index in [0.29, 0.717) is 26.1 Å². The van der Waals surface area contributed by atoms with Gasteiger partial charge >= 0.3 is 0 Å². The van der Waals surface area contributed by atoms with Gasteiger partial charge in [0.05, 0.1) is 12.7 Å². The van der Waals surface area contributed by atoms with Gasteiger partial charge in [-0.2, -0.15) is 0 Å². The number of ether oxygens (including phenoxy) is 1. The number of carbonyl (C=O) groups excluding carboxylic acids is 1. The smallest absolute Gasteiger partial charge is 0.223 e. The first-order valence-corrected chi connectivity index (χ1v) is 6.34. The van der Waals surface area contributed by atoms with E-state index in [1.807, 2.05) is 23.1 Å². The Bertz CT molecular complexity index is 402. The molecule has 3 heteroatoms. The molecule has 96 valence electrons. The number of nitrogens with zero attached hydrogens (tertiary/aromatic N) is 1. The van der Waals surface area contributed by atoms with Gasteiger partial charge in [-0.3, -0.25) is 4.79 Å².